The number of nitrogens with zero attached hydrogens (tertiary/aromatic N) is 2. The van der Waals surface area contributed by atoms with Crippen LogP contribution in [0.2, 0.25) is 0 Å². The van der Waals surface area contributed by atoms with Gasteiger partial charge in [-0.25, -0.2) is 13.8 Å². The van der Waals surface area contributed by atoms with Gasteiger partial charge < -0.3 is 25.4 Å². The maximum absolute atomic E-state index is 13.7. The smallest absolute Gasteiger partial charge is 0.261 e. The van der Waals surface area contributed by atoms with E-state index in [-0.39, 0.29) is 23.9 Å². The van der Waals surface area contributed by atoms with Crippen molar-refractivity contribution in [1.82, 2.24) is 20.6 Å². The van der Waals surface area contributed by atoms with Crippen LogP contribution >= 0.6 is 0 Å². The zero-order valence-corrected chi connectivity index (χ0v) is 18.2. The van der Waals surface area contributed by atoms with E-state index in [1.807, 2.05) is 0 Å². The molecule has 1 aromatic carbocycles. The molecule has 3 aliphatic rings. The van der Waals surface area contributed by atoms with E-state index in [0.717, 1.165) is 24.5 Å². The lowest BCUT2D eigenvalue weighted by atomic mass is 9.93. The maximum atomic E-state index is 13.7. The molecule has 2 fully saturated rings. The Balaban J connectivity index is 1.23. The van der Waals surface area contributed by atoms with Crippen LogP contribution in [0.5, 0.6) is 5.88 Å². The molecule has 4 heterocycles. The number of rotatable bonds is 5. The summed E-state index contributed by atoms with van der Waals surface area (Å²) in [4.78, 5) is 21.9. The third-order valence-electron chi connectivity index (χ3n) is 6.52. The van der Waals surface area contributed by atoms with Crippen LogP contribution < -0.4 is 20.7 Å². The monoisotopic (exact) mass is 459 g/mol. The average molecular weight is 459 g/mol. The van der Waals surface area contributed by atoms with Crippen molar-refractivity contribution >= 4 is 11.9 Å². The van der Waals surface area contributed by atoms with Crippen LogP contribution in [0.1, 0.15) is 36.3 Å². The quantitative estimate of drug-likeness (QED) is 0.629. The van der Waals surface area contributed by atoms with Crippen molar-refractivity contribution in [1.29, 1.82) is 0 Å². The zero-order valence-electron chi connectivity index (χ0n) is 18.2. The Kier molecular flexibility index (Phi) is 6.37. The molecule has 8 nitrogen and oxygen atoms in total. The van der Waals surface area contributed by atoms with Crippen LogP contribution in [0.4, 0.5) is 14.7 Å². The Labute approximate surface area is 190 Å². The number of carbonyl (C=O) groups is 1. The van der Waals surface area contributed by atoms with Gasteiger partial charge in [-0.1, -0.05) is 6.07 Å². The standard InChI is InChI=1S/C23H27F2N5O3/c24-17-3-1-13(9-18(17)25)16-11-26-12-19(16)29-21(31)20-4-2-14-10-27-23(30-22(14)33-20)28-15-5-7-32-8-6-15/h1,3,9-10,15-16,19-20,26H,2,4-8,11-12H2,(H,29,31)(H,27,28,30)/t16-,19+,20+/m0/s1. The first-order valence-electron chi connectivity index (χ1n) is 11.4. The van der Waals surface area contributed by atoms with Gasteiger partial charge in [-0.2, -0.15) is 4.98 Å². The molecule has 3 N–H and O–H groups in total. The summed E-state index contributed by atoms with van der Waals surface area (Å²) in [6, 6.07) is 3.89. The summed E-state index contributed by atoms with van der Waals surface area (Å²) in [5, 5.41) is 9.56. The molecule has 3 atom stereocenters. The number of hydrogen-bond acceptors (Lipinski definition) is 7. The van der Waals surface area contributed by atoms with Crippen LogP contribution in [-0.4, -0.2) is 60.4 Å². The predicted molar refractivity (Wildman–Crippen MR) is 116 cm³/mol. The van der Waals surface area contributed by atoms with Gasteiger partial charge in [0.1, 0.15) is 0 Å². The van der Waals surface area contributed by atoms with Crippen LogP contribution in [0.25, 0.3) is 0 Å². The first-order chi connectivity index (χ1) is 16.1. The van der Waals surface area contributed by atoms with Gasteiger partial charge in [0.2, 0.25) is 11.8 Å². The summed E-state index contributed by atoms with van der Waals surface area (Å²) in [5.41, 5.74) is 1.52. The number of carbonyl (C=O) groups excluding carboxylic acids is 1. The normalized spacial score (nSPS) is 25.2. The van der Waals surface area contributed by atoms with Crippen molar-refractivity contribution in [3.05, 3.63) is 47.2 Å². The Morgan fingerprint density at radius 2 is 1.97 bits per heavy atom. The van der Waals surface area contributed by atoms with Gasteiger partial charge in [-0.15, -0.1) is 0 Å². The minimum Gasteiger partial charge on any atom is -0.464 e. The van der Waals surface area contributed by atoms with Gasteiger partial charge in [-0.05, 0) is 43.4 Å². The molecule has 0 radical (unpaired) electrons. The van der Waals surface area contributed by atoms with E-state index in [1.54, 1.807) is 12.3 Å². The molecule has 1 aromatic heterocycles. The molecule has 5 rings (SSSR count). The van der Waals surface area contributed by atoms with Gasteiger partial charge in [0.15, 0.2) is 17.7 Å². The molecule has 10 heteroatoms. The highest BCUT2D eigenvalue weighted by Crippen LogP contribution is 2.28. The molecule has 1 amide bonds. The second kappa shape index (κ2) is 9.56. The van der Waals surface area contributed by atoms with Crippen molar-refractivity contribution in [2.45, 2.75) is 49.8 Å². The lowest BCUT2D eigenvalue weighted by Crippen LogP contribution is -2.47. The maximum Gasteiger partial charge on any atom is 0.261 e. The van der Waals surface area contributed by atoms with E-state index in [4.69, 9.17) is 9.47 Å². The van der Waals surface area contributed by atoms with E-state index >= 15 is 0 Å². The van der Waals surface area contributed by atoms with Crippen LogP contribution in [0.3, 0.4) is 0 Å². The summed E-state index contributed by atoms with van der Waals surface area (Å²) in [5.74, 6) is -1.25. The molecule has 0 bridgehead atoms. The number of hydrogen-bond donors (Lipinski definition) is 3. The Morgan fingerprint density at radius 1 is 1.12 bits per heavy atom. The van der Waals surface area contributed by atoms with E-state index in [0.29, 0.717) is 56.5 Å². The third-order valence-corrected chi connectivity index (χ3v) is 6.52. The van der Waals surface area contributed by atoms with E-state index in [1.165, 1.54) is 6.07 Å². The lowest BCUT2D eigenvalue weighted by molar-refractivity contribution is -0.129. The highest BCUT2D eigenvalue weighted by molar-refractivity contribution is 5.82. The van der Waals surface area contributed by atoms with Gasteiger partial charge in [0, 0.05) is 56.1 Å². The highest BCUT2D eigenvalue weighted by Gasteiger charge is 2.34. The van der Waals surface area contributed by atoms with Crippen LogP contribution in [-0.2, 0) is 16.0 Å². The summed E-state index contributed by atoms with van der Waals surface area (Å²) < 4.78 is 38.4. The number of benzene rings is 1. The Bertz CT molecular complexity index is 1020. The zero-order chi connectivity index (χ0) is 22.8. The number of halogens is 2. The van der Waals surface area contributed by atoms with Gasteiger partial charge >= 0.3 is 0 Å². The van der Waals surface area contributed by atoms with Crippen molar-refractivity contribution in [2.75, 3.05) is 31.6 Å². The largest absolute Gasteiger partial charge is 0.464 e. The fourth-order valence-electron chi connectivity index (χ4n) is 4.62. The fraction of sp³-hybridized carbons (Fsp3) is 0.522. The van der Waals surface area contributed by atoms with Gasteiger partial charge in [0.05, 0.1) is 0 Å². The molecular weight excluding hydrogens is 432 g/mol. The third kappa shape index (κ3) is 4.91. The summed E-state index contributed by atoms with van der Waals surface area (Å²) in [6.07, 6.45) is 4.01. The molecule has 0 saturated carbocycles. The molecular formula is C23H27F2N5O3. The predicted octanol–water partition coefficient (Wildman–Crippen LogP) is 1.91. The van der Waals surface area contributed by atoms with Crippen molar-refractivity contribution in [3.63, 3.8) is 0 Å². The van der Waals surface area contributed by atoms with Gasteiger partial charge in [-0.3, -0.25) is 4.79 Å². The number of aromatic nitrogens is 2. The van der Waals surface area contributed by atoms with E-state index < -0.39 is 17.7 Å². The lowest BCUT2D eigenvalue weighted by Gasteiger charge is -2.28. The summed E-state index contributed by atoms with van der Waals surface area (Å²) in [7, 11) is 0. The summed E-state index contributed by atoms with van der Waals surface area (Å²) >= 11 is 0. The van der Waals surface area contributed by atoms with Crippen molar-refractivity contribution in [3.8, 4) is 5.88 Å². The number of ether oxygens (including phenoxy) is 2. The van der Waals surface area contributed by atoms with E-state index in [9.17, 15) is 13.6 Å². The minimum atomic E-state index is -0.887. The molecule has 0 spiro atoms. The molecule has 0 aliphatic carbocycles. The number of aryl methyl sites for hydroxylation is 1. The number of fused-ring (bicyclic) bond motifs is 1. The summed E-state index contributed by atoms with van der Waals surface area (Å²) in [6.45, 7) is 2.53. The number of amides is 1. The molecule has 0 unspecified atom stereocenters. The SMILES string of the molecule is O=C(N[C@@H]1CNC[C@H]1c1ccc(F)c(F)c1)[C@H]1CCc2cnc(NC3CCOCC3)nc2O1. The average Bonchev–Trinajstić information content (AvgIpc) is 3.29. The van der Waals surface area contributed by atoms with Crippen molar-refractivity contribution in [2.24, 2.45) is 0 Å². The van der Waals surface area contributed by atoms with Crippen LogP contribution in [0.15, 0.2) is 24.4 Å². The Morgan fingerprint density at radius 3 is 2.79 bits per heavy atom. The molecule has 3 aliphatic heterocycles. The first kappa shape index (κ1) is 22.0. The first-order valence-corrected chi connectivity index (χ1v) is 11.4. The van der Waals surface area contributed by atoms with Crippen LogP contribution in [0, 0.1) is 11.6 Å². The number of anilines is 1. The molecule has 2 aromatic rings. The topological polar surface area (TPSA) is 97.4 Å². The molecule has 176 valence electrons. The van der Waals surface area contributed by atoms with E-state index in [2.05, 4.69) is 25.9 Å². The molecule has 2 saturated heterocycles. The highest BCUT2D eigenvalue weighted by atomic mass is 19.2. The second-order valence-electron chi connectivity index (χ2n) is 8.75. The van der Waals surface area contributed by atoms with Gasteiger partial charge in [0.25, 0.3) is 5.91 Å². The Hall–Kier alpha value is -2.85. The second-order valence-corrected chi connectivity index (χ2v) is 8.75. The number of nitrogens with one attached hydrogen (secondary N) is 3. The fourth-order valence-corrected chi connectivity index (χ4v) is 4.62. The minimum absolute atomic E-state index is 0.155. The van der Waals surface area contributed by atoms with Crippen molar-refractivity contribution < 1.29 is 23.0 Å². The molecule has 33 heavy (non-hydrogen) atoms.